The number of nitrogens with one attached hydrogen (secondary N) is 2. The molecule has 0 spiro atoms. The summed E-state index contributed by atoms with van der Waals surface area (Å²) in [6, 6.07) is 7.96. The molecular weight excluding hydrogens is 300 g/mol. The molecule has 0 bridgehead atoms. The van der Waals surface area contributed by atoms with Crippen molar-refractivity contribution < 1.29 is 9.59 Å². The summed E-state index contributed by atoms with van der Waals surface area (Å²) in [7, 11) is 0. The summed E-state index contributed by atoms with van der Waals surface area (Å²) in [4.78, 5) is 24.3. The number of carbonyl (C=O) groups is 2. The van der Waals surface area contributed by atoms with Crippen LogP contribution in [0.2, 0.25) is 0 Å². The average molecular weight is 332 g/mol. The van der Waals surface area contributed by atoms with Crippen LogP contribution in [-0.4, -0.2) is 11.8 Å². The summed E-state index contributed by atoms with van der Waals surface area (Å²) in [6.07, 6.45) is 1.66. The van der Waals surface area contributed by atoms with E-state index in [0.717, 1.165) is 24.0 Å². The fourth-order valence-corrected chi connectivity index (χ4v) is 2.26. The molecule has 134 valence electrons. The van der Waals surface area contributed by atoms with Gasteiger partial charge in [0.05, 0.1) is 0 Å². The molecule has 4 nitrogen and oxygen atoms in total. The molecule has 0 aliphatic heterocycles. The Hall–Kier alpha value is -1.84. The van der Waals surface area contributed by atoms with Crippen LogP contribution in [0.25, 0.3) is 0 Å². The second-order valence-corrected chi connectivity index (χ2v) is 7.70. The molecule has 0 aliphatic rings. The lowest BCUT2D eigenvalue weighted by atomic mass is 9.84. The molecule has 0 saturated heterocycles. The SMILES string of the molecule is CCC(C)(CC)C(=O)NCc1cccc(CNC(=O)C(C)(C)C)c1. The summed E-state index contributed by atoms with van der Waals surface area (Å²) in [5, 5.41) is 5.98. The Balaban J connectivity index is 2.63. The molecule has 1 aromatic carbocycles. The van der Waals surface area contributed by atoms with Gasteiger partial charge in [-0.25, -0.2) is 0 Å². The molecule has 2 amide bonds. The topological polar surface area (TPSA) is 58.2 Å². The average Bonchev–Trinajstić information content (AvgIpc) is 2.56. The Kier molecular flexibility index (Phi) is 7.00. The van der Waals surface area contributed by atoms with Crippen LogP contribution in [0, 0.1) is 10.8 Å². The van der Waals surface area contributed by atoms with Crippen molar-refractivity contribution in [3.8, 4) is 0 Å². The van der Waals surface area contributed by atoms with Crippen LogP contribution in [0.1, 0.15) is 65.5 Å². The van der Waals surface area contributed by atoms with Crippen LogP contribution in [-0.2, 0) is 22.7 Å². The van der Waals surface area contributed by atoms with E-state index in [0.29, 0.717) is 13.1 Å². The third kappa shape index (κ3) is 5.66. The predicted octanol–water partition coefficient (Wildman–Crippen LogP) is 3.79. The first-order valence-corrected chi connectivity index (χ1v) is 8.77. The van der Waals surface area contributed by atoms with Crippen molar-refractivity contribution in [2.24, 2.45) is 10.8 Å². The lowest BCUT2D eigenvalue weighted by molar-refractivity contribution is -0.130. The summed E-state index contributed by atoms with van der Waals surface area (Å²) < 4.78 is 0. The van der Waals surface area contributed by atoms with Gasteiger partial charge in [0.1, 0.15) is 0 Å². The normalized spacial score (nSPS) is 11.9. The first-order chi connectivity index (χ1) is 11.1. The van der Waals surface area contributed by atoms with Gasteiger partial charge >= 0.3 is 0 Å². The van der Waals surface area contributed by atoms with Crippen molar-refractivity contribution >= 4 is 11.8 Å². The molecule has 1 rings (SSSR count). The number of hydrogen-bond acceptors (Lipinski definition) is 2. The summed E-state index contributed by atoms with van der Waals surface area (Å²) in [5.74, 6) is 0.127. The minimum Gasteiger partial charge on any atom is -0.352 e. The van der Waals surface area contributed by atoms with Crippen molar-refractivity contribution in [1.82, 2.24) is 10.6 Å². The van der Waals surface area contributed by atoms with Gasteiger partial charge < -0.3 is 10.6 Å². The van der Waals surface area contributed by atoms with Crippen LogP contribution in [0.5, 0.6) is 0 Å². The zero-order chi connectivity index (χ0) is 18.4. The fourth-order valence-electron chi connectivity index (χ4n) is 2.26. The van der Waals surface area contributed by atoms with Gasteiger partial charge in [0.25, 0.3) is 0 Å². The number of hydrogen-bond donors (Lipinski definition) is 2. The van der Waals surface area contributed by atoms with Gasteiger partial charge in [-0.2, -0.15) is 0 Å². The van der Waals surface area contributed by atoms with Crippen molar-refractivity contribution in [3.63, 3.8) is 0 Å². The highest BCUT2D eigenvalue weighted by atomic mass is 16.2. The molecule has 0 aromatic heterocycles. The molecule has 4 heteroatoms. The molecule has 1 aromatic rings. The first-order valence-electron chi connectivity index (χ1n) is 8.77. The Morgan fingerprint density at radius 3 is 1.75 bits per heavy atom. The molecule has 0 heterocycles. The smallest absolute Gasteiger partial charge is 0.226 e. The van der Waals surface area contributed by atoms with Crippen molar-refractivity contribution in [2.75, 3.05) is 0 Å². The Labute approximate surface area is 146 Å². The standard InChI is InChI=1S/C20H32N2O2/c1-7-20(6,8-2)18(24)22-14-16-11-9-10-15(12-16)13-21-17(23)19(3,4)5/h9-12H,7-8,13-14H2,1-6H3,(H,21,23)(H,22,24). The molecule has 0 fully saturated rings. The molecule has 0 aliphatic carbocycles. The van der Waals surface area contributed by atoms with Gasteiger partial charge in [0.2, 0.25) is 11.8 Å². The maximum absolute atomic E-state index is 12.3. The van der Waals surface area contributed by atoms with Crippen molar-refractivity contribution in [3.05, 3.63) is 35.4 Å². The Bertz CT molecular complexity index is 569. The third-order valence-electron chi connectivity index (χ3n) is 4.69. The van der Waals surface area contributed by atoms with E-state index >= 15 is 0 Å². The van der Waals surface area contributed by atoms with Crippen molar-refractivity contribution in [2.45, 2.75) is 67.5 Å². The highest BCUT2D eigenvalue weighted by Gasteiger charge is 2.28. The molecule has 0 unspecified atom stereocenters. The Morgan fingerprint density at radius 2 is 1.33 bits per heavy atom. The second kappa shape index (κ2) is 8.32. The maximum Gasteiger partial charge on any atom is 0.226 e. The molecule has 2 N–H and O–H groups in total. The predicted molar refractivity (Wildman–Crippen MR) is 98.3 cm³/mol. The van der Waals surface area contributed by atoms with Gasteiger partial charge in [0.15, 0.2) is 0 Å². The summed E-state index contributed by atoms with van der Waals surface area (Å²) >= 11 is 0. The number of benzene rings is 1. The van der Waals surface area contributed by atoms with E-state index in [2.05, 4.69) is 10.6 Å². The van der Waals surface area contributed by atoms with E-state index in [1.807, 2.05) is 65.8 Å². The number of amides is 2. The van der Waals surface area contributed by atoms with Crippen LogP contribution in [0.3, 0.4) is 0 Å². The minimum absolute atomic E-state index is 0.0304. The fraction of sp³-hybridized carbons (Fsp3) is 0.600. The number of carbonyl (C=O) groups excluding carboxylic acids is 2. The molecular formula is C20H32N2O2. The maximum atomic E-state index is 12.3. The third-order valence-corrected chi connectivity index (χ3v) is 4.69. The molecule has 0 atom stereocenters. The minimum atomic E-state index is -0.393. The highest BCUT2D eigenvalue weighted by molar-refractivity contribution is 5.82. The lowest BCUT2D eigenvalue weighted by Gasteiger charge is -2.25. The Morgan fingerprint density at radius 1 is 0.875 bits per heavy atom. The molecule has 0 saturated carbocycles. The van der Waals surface area contributed by atoms with Crippen LogP contribution >= 0.6 is 0 Å². The quantitative estimate of drug-likeness (QED) is 0.798. The number of rotatable bonds is 7. The van der Waals surface area contributed by atoms with Crippen LogP contribution in [0.15, 0.2) is 24.3 Å². The monoisotopic (exact) mass is 332 g/mol. The summed E-state index contributed by atoms with van der Waals surface area (Å²) in [5.41, 5.74) is 1.38. The largest absolute Gasteiger partial charge is 0.352 e. The van der Waals surface area contributed by atoms with Gasteiger partial charge in [-0.3, -0.25) is 9.59 Å². The summed E-state index contributed by atoms with van der Waals surface area (Å²) in [6.45, 7) is 12.8. The highest BCUT2D eigenvalue weighted by Crippen LogP contribution is 2.25. The van der Waals surface area contributed by atoms with Gasteiger partial charge in [-0.1, -0.05) is 65.8 Å². The van der Waals surface area contributed by atoms with Gasteiger partial charge in [-0.05, 0) is 24.0 Å². The van der Waals surface area contributed by atoms with E-state index in [1.54, 1.807) is 0 Å². The van der Waals surface area contributed by atoms with Crippen LogP contribution < -0.4 is 10.6 Å². The molecule has 0 radical (unpaired) electrons. The van der Waals surface area contributed by atoms with E-state index in [1.165, 1.54) is 0 Å². The van der Waals surface area contributed by atoms with E-state index in [-0.39, 0.29) is 17.2 Å². The van der Waals surface area contributed by atoms with Crippen molar-refractivity contribution in [1.29, 1.82) is 0 Å². The second-order valence-electron chi connectivity index (χ2n) is 7.70. The van der Waals surface area contributed by atoms with Crippen LogP contribution in [0.4, 0.5) is 0 Å². The van der Waals surface area contributed by atoms with E-state index in [9.17, 15) is 9.59 Å². The zero-order valence-corrected chi connectivity index (χ0v) is 16.0. The van der Waals surface area contributed by atoms with E-state index < -0.39 is 5.41 Å². The van der Waals surface area contributed by atoms with Gasteiger partial charge in [0, 0.05) is 23.9 Å². The van der Waals surface area contributed by atoms with E-state index in [4.69, 9.17) is 0 Å². The van der Waals surface area contributed by atoms with Gasteiger partial charge in [-0.15, -0.1) is 0 Å². The molecule has 24 heavy (non-hydrogen) atoms. The first kappa shape index (κ1) is 20.2. The zero-order valence-electron chi connectivity index (χ0n) is 16.0. The lowest BCUT2D eigenvalue weighted by Crippen LogP contribution is -2.37.